The predicted molar refractivity (Wildman–Crippen MR) is 80.7 cm³/mol. The topological polar surface area (TPSA) is 72.2 Å². The van der Waals surface area contributed by atoms with Gasteiger partial charge in [0, 0.05) is 17.6 Å². The fourth-order valence-corrected chi connectivity index (χ4v) is 2.15. The van der Waals surface area contributed by atoms with Gasteiger partial charge < -0.3 is 5.32 Å². The lowest BCUT2D eigenvalue weighted by atomic mass is 10.1. The lowest BCUT2D eigenvalue weighted by Gasteiger charge is -2.10. The lowest BCUT2D eigenvalue weighted by molar-refractivity contribution is -0.385. The molecule has 2 aromatic carbocycles. The Labute approximate surface area is 139 Å². The van der Waals surface area contributed by atoms with Gasteiger partial charge in [0.15, 0.2) is 0 Å². The van der Waals surface area contributed by atoms with Crippen LogP contribution >= 0.6 is 11.6 Å². The van der Waals surface area contributed by atoms with Crippen LogP contribution in [0.3, 0.4) is 0 Å². The summed E-state index contributed by atoms with van der Waals surface area (Å²) in [4.78, 5) is 22.2. The Balaban J connectivity index is 2.16. The van der Waals surface area contributed by atoms with Crippen molar-refractivity contribution in [2.45, 2.75) is 12.7 Å². The molecule has 5 nitrogen and oxygen atoms in total. The number of benzene rings is 2. The van der Waals surface area contributed by atoms with Gasteiger partial charge in [-0.1, -0.05) is 23.7 Å². The zero-order valence-electron chi connectivity index (χ0n) is 11.9. The molecule has 0 saturated heterocycles. The number of rotatable bonds is 4. The molecule has 0 fully saturated rings. The molecule has 0 aliphatic heterocycles. The SMILES string of the molecule is O=C(NCc1cccc(C(F)(F)F)c1)c1ccc(Cl)cc1[N+](=O)[O-]. The fourth-order valence-electron chi connectivity index (χ4n) is 1.98. The highest BCUT2D eigenvalue weighted by Crippen LogP contribution is 2.29. The smallest absolute Gasteiger partial charge is 0.348 e. The predicted octanol–water partition coefficient (Wildman–Crippen LogP) is 4.20. The molecule has 1 N–H and O–H groups in total. The Morgan fingerprint density at radius 2 is 1.92 bits per heavy atom. The average molecular weight is 359 g/mol. The number of alkyl halides is 3. The Bertz CT molecular complexity index is 794. The highest BCUT2D eigenvalue weighted by atomic mass is 35.5. The van der Waals surface area contributed by atoms with Crippen molar-refractivity contribution in [1.82, 2.24) is 5.32 Å². The van der Waals surface area contributed by atoms with Gasteiger partial charge in [-0.2, -0.15) is 13.2 Å². The Hall–Kier alpha value is -2.61. The molecule has 9 heteroatoms. The number of halogens is 4. The first kappa shape index (κ1) is 17.7. The van der Waals surface area contributed by atoms with Gasteiger partial charge in [-0.3, -0.25) is 14.9 Å². The number of nitrogens with one attached hydrogen (secondary N) is 1. The van der Waals surface area contributed by atoms with Crippen molar-refractivity contribution in [3.8, 4) is 0 Å². The van der Waals surface area contributed by atoms with Gasteiger partial charge >= 0.3 is 6.18 Å². The van der Waals surface area contributed by atoms with E-state index in [9.17, 15) is 28.1 Å². The minimum atomic E-state index is -4.49. The van der Waals surface area contributed by atoms with Gasteiger partial charge in [0.25, 0.3) is 11.6 Å². The summed E-state index contributed by atoms with van der Waals surface area (Å²) in [5.74, 6) is -0.782. The highest BCUT2D eigenvalue weighted by Gasteiger charge is 2.30. The first-order chi connectivity index (χ1) is 11.2. The summed E-state index contributed by atoms with van der Waals surface area (Å²) in [6.07, 6.45) is -4.49. The van der Waals surface area contributed by atoms with Crippen LogP contribution in [-0.2, 0) is 12.7 Å². The Kier molecular flexibility index (Phi) is 5.08. The molecule has 0 radical (unpaired) electrons. The molecule has 0 aromatic heterocycles. The van der Waals surface area contributed by atoms with Crippen molar-refractivity contribution in [3.05, 3.63) is 74.3 Å². The quantitative estimate of drug-likeness (QED) is 0.657. The molecule has 0 aliphatic rings. The molecule has 0 spiro atoms. The van der Waals surface area contributed by atoms with Crippen molar-refractivity contribution < 1.29 is 22.9 Å². The van der Waals surface area contributed by atoms with Gasteiger partial charge in [-0.25, -0.2) is 0 Å². The molecule has 0 saturated carbocycles. The first-order valence-electron chi connectivity index (χ1n) is 6.57. The Morgan fingerprint density at radius 3 is 2.54 bits per heavy atom. The number of nitro groups is 1. The molecular weight excluding hydrogens is 349 g/mol. The minimum absolute atomic E-state index is 0.0936. The number of carbonyl (C=O) groups excluding carboxylic acids is 1. The molecular formula is C15H10ClF3N2O3. The summed E-state index contributed by atoms with van der Waals surface area (Å²) >= 11 is 5.66. The maximum absolute atomic E-state index is 12.6. The standard InChI is InChI=1S/C15H10ClF3N2O3/c16-11-4-5-12(13(7-11)21(23)24)14(22)20-8-9-2-1-3-10(6-9)15(17,18)19/h1-7H,8H2,(H,20,22). The number of hydrogen-bond acceptors (Lipinski definition) is 3. The largest absolute Gasteiger partial charge is 0.416 e. The van der Waals surface area contributed by atoms with Crippen molar-refractivity contribution in [2.75, 3.05) is 0 Å². The summed E-state index contributed by atoms with van der Waals surface area (Å²) < 4.78 is 37.9. The monoisotopic (exact) mass is 358 g/mol. The van der Waals surface area contributed by atoms with E-state index in [0.717, 1.165) is 18.2 Å². The van der Waals surface area contributed by atoms with Crippen molar-refractivity contribution in [1.29, 1.82) is 0 Å². The number of hydrogen-bond donors (Lipinski definition) is 1. The zero-order valence-corrected chi connectivity index (χ0v) is 12.7. The molecule has 2 rings (SSSR count). The van der Waals surface area contributed by atoms with Gasteiger partial charge in [0.1, 0.15) is 5.56 Å². The number of carbonyl (C=O) groups is 1. The van der Waals surface area contributed by atoms with Crippen molar-refractivity contribution in [2.24, 2.45) is 0 Å². The summed E-state index contributed by atoms with van der Waals surface area (Å²) in [7, 11) is 0. The maximum Gasteiger partial charge on any atom is 0.416 e. The van der Waals surface area contributed by atoms with E-state index in [2.05, 4.69) is 5.32 Å². The fraction of sp³-hybridized carbons (Fsp3) is 0.133. The molecule has 0 bridgehead atoms. The van der Waals surface area contributed by atoms with Crippen LogP contribution in [-0.4, -0.2) is 10.8 Å². The van der Waals surface area contributed by atoms with Gasteiger partial charge in [-0.05, 0) is 29.8 Å². The maximum atomic E-state index is 12.6. The van der Waals surface area contributed by atoms with E-state index in [1.54, 1.807) is 0 Å². The van der Waals surface area contributed by atoms with Crippen LogP contribution in [0, 0.1) is 10.1 Å². The van der Waals surface area contributed by atoms with Crippen LogP contribution in [0.5, 0.6) is 0 Å². The molecule has 24 heavy (non-hydrogen) atoms. The first-order valence-corrected chi connectivity index (χ1v) is 6.94. The van der Waals surface area contributed by atoms with Crippen molar-refractivity contribution >= 4 is 23.2 Å². The summed E-state index contributed by atoms with van der Waals surface area (Å²) in [6, 6.07) is 7.96. The molecule has 0 heterocycles. The van der Waals surface area contributed by atoms with Crippen molar-refractivity contribution in [3.63, 3.8) is 0 Å². The summed E-state index contributed by atoms with van der Waals surface area (Å²) in [5.41, 5.74) is -1.33. The summed E-state index contributed by atoms with van der Waals surface area (Å²) in [6.45, 7) is -0.206. The average Bonchev–Trinajstić information content (AvgIpc) is 2.52. The number of nitrogens with zero attached hydrogens (tertiary/aromatic N) is 1. The van der Waals surface area contributed by atoms with Crippen LogP contribution in [0.15, 0.2) is 42.5 Å². The van der Waals surface area contributed by atoms with E-state index in [4.69, 9.17) is 11.6 Å². The minimum Gasteiger partial charge on any atom is -0.348 e. The third-order valence-electron chi connectivity index (χ3n) is 3.11. The van der Waals surface area contributed by atoms with E-state index >= 15 is 0 Å². The number of amides is 1. The van der Waals surface area contributed by atoms with Crippen LogP contribution in [0.25, 0.3) is 0 Å². The van der Waals surface area contributed by atoms with Gasteiger partial charge in [0.2, 0.25) is 0 Å². The lowest BCUT2D eigenvalue weighted by Crippen LogP contribution is -2.24. The second-order valence-corrected chi connectivity index (χ2v) is 5.24. The van der Waals surface area contributed by atoms with Crippen LogP contribution in [0.1, 0.15) is 21.5 Å². The molecule has 0 unspecified atom stereocenters. The molecule has 0 atom stereocenters. The zero-order chi connectivity index (χ0) is 17.9. The normalized spacial score (nSPS) is 11.2. The second kappa shape index (κ2) is 6.88. The Morgan fingerprint density at radius 1 is 1.21 bits per heavy atom. The number of nitro benzene ring substituents is 1. The van der Waals surface area contributed by atoms with E-state index in [-0.39, 0.29) is 22.7 Å². The van der Waals surface area contributed by atoms with Gasteiger partial charge in [0.05, 0.1) is 10.5 Å². The van der Waals surface area contributed by atoms with E-state index in [1.165, 1.54) is 24.3 Å². The van der Waals surface area contributed by atoms with E-state index in [1.807, 2.05) is 0 Å². The molecule has 1 amide bonds. The second-order valence-electron chi connectivity index (χ2n) is 4.80. The third kappa shape index (κ3) is 4.23. The van der Waals surface area contributed by atoms with Gasteiger partial charge in [-0.15, -0.1) is 0 Å². The molecule has 126 valence electrons. The summed E-state index contributed by atoms with van der Waals surface area (Å²) in [5, 5.41) is 13.4. The van der Waals surface area contributed by atoms with Crippen LogP contribution in [0.4, 0.5) is 18.9 Å². The molecule has 0 aliphatic carbocycles. The van der Waals surface area contributed by atoms with Crippen LogP contribution in [0.2, 0.25) is 5.02 Å². The van der Waals surface area contributed by atoms with E-state index < -0.39 is 28.3 Å². The van der Waals surface area contributed by atoms with E-state index in [0.29, 0.717) is 0 Å². The molecule has 2 aromatic rings. The highest BCUT2D eigenvalue weighted by molar-refractivity contribution is 6.31. The van der Waals surface area contributed by atoms with Crippen LogP contribution < -0.4 is 5.32 Å². The third-order valence-corrected chi connectivity index (χ3v) is 3.34.